The number of hydrogen-bond acceptors (Lipinski definition) is 4. The molecule has 3 rings (SSSR count). The summed E-state index contributed by atoms with van der Waals surface area (Å²) in [7, 11) is 1.45. The number of nitrogens with one attached hydrogen (secondary N) is 1. The van der Waals surface area contributed by atoms with E-state index in [2.05, 4.69) is 10.3 Å². The van der Waals surface area contributed by atoms with E-state index < -0.39 is 27.9 Å². The van der Waals surface area contributed by atoms with Gasteiger partial charge >= 0.3 is 6.18 Å². The highest BCUT2D eigenvalue weighted by Gasteiger charge is 2.35. The number of halogens is 5. The Morgan fingerprint density at radius 3 is 2.50 bits per heavy atom. The summed E-state index contributed by atoms with van der Waals surface area (Å²) in [6.45, 7) is 0. The zero-order valence-corrected chi connectivity index (χ0v) is 17.7. The van der Waals surface area contributed by atoms with E-state index in [-0.39, 0.29) is 23.2 Å². The lowest BCUT2D eigenvalue weighted by Crippen LogP contribution is -2.43. The Labute approximate surface area is 184 Å². The molecule has 1 saturated heterocycles. The Balaban J connectivity index is 1.83. The highest BCUT2D eigenvalue weighted by molar-refractivity contribution is 8.15. The molecule has 5 nitrogen and oxygen atoms in total. The monoisotopic (exact) mass is 475 g/mol. The first kappa shape index (κ1) is 22.5. The second kappa shape index (κ2) is 8.87. The number of aliphatic imine (C=N–C) groups is 1. The van der Waals surface area contributed by atoms with E-state index in [0.29, 0.717) is 10.7 Å². The van der Waals surface area contributed by atoms with Crippen LogP contribution in [0.15, 0.2) is 47.5 Å². The highest BCUT2D eigenvalue weighted by atomic mass is 35.5. The number of thioether (sulfide) groups is 1. The molecular weight excluding hydrogens is 462 g/mol. The molecule has 2 aromatic rings. The lowest BCUT2D eigenvalue weighted by atomic mass is 10.2. The first-order chi connectivity index (χ1) is 14.0. The van der Waals surface area contributed by atoms with Crippen LogP contribution in [0.4, 0.5) is 24.5 Å². The van der Waals surface area contributed by atoms with Crippen molar-refractivity contribution >= 4 is 63.3 Å². The third kappa shape index (κ3) is 5.27. The number of alkyl halides is 3. The number of carbonyl (C=O) groups is 2. The molecule has 2 amide bonds. The van der Waals surface area contributed by atoms with Gasteiger partial charge in [0.25, 0.3) is 0 Å². The van der Waals surface area contributed by atoms with Gasteiger partial charge in [-0.25, -0.2) is 4.99 Å². The zero-order valence-electron chi connectivity index (χ0n) is 15.3. The molecule has 1 aliphatic rings. The SMILES string of the molecule is CN1C(=O)CC(C(=O)Nc2ccc(Cl)cc2)SC1=Nc1ccc(Cl)c(C(F)(F)F)c1. The molecule has 1 unspecified atom stereocenters. The van der Waals surface area contributed by atoms with Gasteiger partial charge in [0, 0.05) is 24.2 Å². The van der Waals surface area contributed by atoms with Crippen molar-refractivity contribution in [3.63, 3.8) is 0 Å². The zero-order chi connectivity index (χ0) is 22.1. The average molecular weight is 476 g/mol. The summed E-state index contributed by atoms with van der Waals surface area (Å²) in [4.78, 5) is 30.2. The topological polar surface area (TPSA) is 61.8 Å². The summed E-state index contributed by atoms with van der Waals surface area (Å²) in [5.74, 6) is -0.808. The number of carbonyl (C=O) groups excluding carboxylic acids is 2. The molecule has 0 aliphatic carbocycles. The van der Waals surface area contributed by atoms with Crippen LogP contribution in [0.3, 0.4) is 0 Å². The van der Waals surface area contributed by atoms with Crippen LogP contribution in [-0.4, -0.2) is 34.2 Å². The fourth-order valence-corrected chi connectivity index (χ4v) is 3.98. The molecule has 1 N–H and O–H groups in total. The van der Waals surface area contributed by atoms with Crippen LogP contribution >= 0.6 is 35.0 Å². The van der Waals surface area contributed by atoms with Crippen molar-refractivity contribution in [1.29, 1.82) is 0 Å². The van der Waals surface area contributed by atoms with E-state index in [4.69, 9.17) is 23.2 Å². The number of hydrogen-bond donors (Lipinski definition) is 1. The Morgan fingerprint density at radius 2 is 1.87 bits per heavy atom. The summed E-state index contributed by atoms with van der Waals surface area (Å²) in [6, 6.07) is 9.63. The number of rotatable bonds is 3. The normalized spacial score (nSPS) is 18.6. The van der Waals surface area contributed by atoms with Crippen LogP contribution in [-0.2, 0) is 15.8 Å². The van der Waals surface area contributed by atoms with E-state index in [1.165, 1.54) is 18.0 Å². The molecule has 1 atom stereocenters. The van der Waals surface area contributed by atoms with Crippen molar-refractivity contribution in [3.8, 4) is 0 Å². The molecule has 1 heterocycles. The quantitative estimate of drug-likeness (QED) is 0.627. The van der Waals surface area contributed by atoms with Gasteiger partial charge in [-0.1, -0.05) is 35.0 Å². The molecule has 0 radical (unpaired) electrons. The van der Waals surface area contributed by atoms with Crippen LogP contribution in [0.2, 0.25) is 10.0 Å². The lowest BCUT2D eigenvalue weighted by molar-refractivity contribution is -0.137. The van der Waals surface area contributed by atoms with Gasteiger partial charge in [0.05, 0.1) is 16.3 Å². The number of nitrogens with zero attached hydrogens (tertiary/aromatic N) is 2. The van der Waals surface area contributed by atoms with Gasteiger partial charge in [-0.2, -0.15) is 13.2 Å². The first-order valence-electron chi connectivity index (χ1n) is 8.49. The molecular formula is C19H14Cl2F3N3O2S. The molecule has 158 valence electrons. The van der Waals surface area contributed by atoms with Gasteiger partial charge < -0.3 is 5.32 Å². The first-order valence-corrected chi connectivity index (χ1v) is 10.1. The second-order valence-electron chi connectivity index (χ2n) is 6.32. The van der Waals surface area contributed by atoms with Gasteiger partial charge in [0.1, 0.15) is 5.25 Å². The summed E-state index contributed by atoms with van der Waals surface area (Å²) in [5.41, 5.74) is -0.562. The predicted molar refractivity (Wildman–Crippen MR) is 112 cm³/mol. The van der Waals surface area contributed by atoms with E-state index in [9.17, 15) is 22.8 Å². The minimum absolute atomic E-state index is 0.0346. The van der Waals surface area contributed by atoms with E-state index >= 15 is 0 Å². The Hall–Kier alpha value is -2.23. The Morgan fingerprint density at radius 1 is 1.20 bits per heavy atom. The highest BCUT2D eigenvalue weighted by Crippen LogP contribution is 2.37. The van der Waals surface area contributed by atoms with E-state index in [1.807, 2.05) is 0 Å². The van der Waals surface area contributed by atoms with E-state index in [1.54, 1.807) is 24.3 Å². The molecule has 11 heteroatoms. The van der Waals surface area contributed by atoms with Crippen molar-refractivity contribution in [3.05, 3.63) is 58.1 Å². The maximum atomic E-state index is 13.1. The molecule has 0 saturated carbocycles. The van der Waals surface area contributed by atoms with Gasteiger partial charge in [-0.15, -0.1) is 0 Å². The summed E-state index contributed by atoms with van der Waals surface area (Å²) in [6.07, 6.45) is -4.72. The lowest BCUT2D eigenvalue weighted by Gasteiger charge is -2.28. The number of benzene rings is 2. The van der Waals surface area contributed by atoms with Crippen LogP contribution in [0.1, 0.15) is 12.0 Å². The third-order valence-corrected chi connectivity index (χ3v) is 5.98. The van der Waals surface area contributed by atoms with Crippen molar-refractivity contribution in [1.82, 2.24) is 4.90 Å². The summed E-state index contributed by atoms with van der Waals surface area (Å²) >= 11 is 12.4. The van der Waals surface area contributed by atoms with Crippen LogP contribution in [0.5, 0.6) is 0 Å². The number of amides is 2. The number of amidine groups is 1. The maximum Gasteiger partial charge on any atom is 0.417 e. The largest absolute Gasteiger partial charge is 0.417 e. The van der Waals surface area contributed by atoms with Gasteiger partial charge in [-0.05, 0) is 42.5 Å². The molecule has 0 bridgehead atoms. The van der Waals surface area contributed by atoms with Crippen molar-refractivity contribution < 1.29 is 22.8 Å². The fourth-order valence-electron chi connectivity index (χ4n) is 2.56. The molecule has 0 aromatic heterocycles. The summed E-state index contributed by atoms with van der Waals surface area (Å²) in [5, 5.41) is 2.06. The van der Waals surface area contributed by atoms with Gasteiger partial charge in [0.2, 0.25) is 11.8 Å². The molecule has 30 heavy (non-hydrogen) atoms. The maximum absolute atomic E-state index is 13.1. The van der Waals surface area contributed by atoms with Crippen molar-refractivity contribution in [2.75, 3.05) is 12.4 Å². The molecule has 2 aromatic carbocycles. The smallest absolute Gasteiger partial charge is 0.325 e. The van der Waals surface area contributed by atoms with Gasteiger partial charge in [0.15, 0.2) is 5.17 Å². The molecule has 1 fully saturated rings. The minimum atomic E-state index is -4.64. The van der Waals surface area contributed by atoms with Crippen LogP contribution in [0.25, 0.3) is 0 Å². The van der Waals surface area contributed by atoms with Crippen LogP contribution < -0.4 is 5.32 Å². The predicted octanol–water partition coefficient (Wildman–Crippen LogP) is 5.60. The average Bonchev–Trinajstić information content (AvgIpc) is 2.67. The molecule has 1 aliphatic heterocycles. The fraction of sp³-hybridized carbons (Fsp3) is 0.211. The summed E-state index contributed by atoms with van der Waals surface area (Å²) < 4.78 is 39.2. The van der Waals surface area contributed by atoms with Crippen molar-refractivity contribution in [2.45, 2.75) is 17.8 Å². The molecule has 0 spiro atoms. The van der Waals surface area contributed by atoms with E-state index in [0.717, 1.165) is 23.9 Å². The Bertz CT molecular complexity index is 1010. The third-order valence-electron chi connectivity index (χ3n) is 4.15. The van der Waals surface area contributed by atoms with Crippen molar-refractivity contribution in [2.24, 2.45) is 4.99 Å². The minimum Gasteiger partial charge on any atom is -0.325 e. The standard InChI is InChI=1S/C19H14Cl2F3N3O2S/c1-27-16(28)9-15(17(29)25-11-4-2-10(20)3-5-11)30-18(27)26-12-6-7-14(21)13(8-12)19(22,23)24/h2-8,15H,9H2,1H3,(H,25,29). The van der Waals surface area contributed by atoms with Crippen LogP contribution in [0, 0.1) is 0 Å². The Kier molecular flexibility index (Phi) is 6.64. The van der Waals surface area contributed by atoms with Gasteiger partial charge in [-0.3, -0.25) is 14.5 Å². The second-order valence-corrected chi connectivity index (χ2v) is 8.33. The number of anilines is 1.